The van der Waals surface area contributed by atoms with Crippen LogP contribution in [0.15, 0.2) is 18.2 Å². The van der Waals surface area contributed by atoms with Gasteiger partial charge in [-0.2, -0.15) is 0 Å². The molecule has 0 fully saturated rings. The molecule has 0 unspecified atom stereocenters. The van der Waals surface area contributed by atoms with Gasteiger partial charge < -0.3 is 10.0 Å². The van der Waals surface area contributed by atoms with Crippen molar-refractivity contribution < 1.29 is 10.0 Å². The number of nitrogens with zero attached hydrogens (tertiary/aromatic N) is 2. The number of fused-ring (bicyclic) bond motifs is 1. The van der Waals surface area contributed by atoms with Gasteiger partial charge in [0.15, 0.2) is 0 Å². The molecular weight excluding hydrogens is 196 g/mol. The van der Waals surface area contributed by atoms with Gasteiger partial charge in [-0.15, -0.1) is 0 Å². The summed E-state index contributed by atoms with van der Waals surface area (Å²) >= 11 is 0. The van der Waals surface area contributed by atoms with Crippen LogP contribution in [0.3, 0.4) is 0 Å². The first kappa shape index (κ1) is 9.92. The van der Waals surface area contributed by atoms with Crippen LogP contribution in [0.1, 0.15) is 5.56 Å². The summed E-state index contributed by atoms with van der Waals surface area (Å²) in [7, 11) is 0. The normalized spacial score (nSPS) is 14.1. The number of non-ortho nitro benzene ring substituents is 1. The highest BCUT2D eigenvalue weighted by Gasteiger charge is 2.21. The molecule has 80 valence electrons. The van der Waals surface area contributed by atoms with E-state index in [9.17, 15) is 10.1 Å². The Bertz CT molecular complexity index is 390. The summed E-state index contributed by atoms with van der Waals surface area (Å²) in [4.78, 5) is 12.2. The molecule has 0 bridgehead atoms. The van der Waals surface area contributed by atoms with E-state index < -0.39 is 4.92 Å². The third kappa shape index (κ3) is 1.78. The molecular formula is C10H12N2O3. The summed E-state index contributed by atoms with van der Waals surface area (Å²) in [6, 6.07) is 4.91. The number of nitro benzene ring substituents is 1. The number of aliphatic hydroxyl groups excluding tert-OH is 1. The van der Waals surface area contributed by atoms with Gasteiger partial charge >= 0.3 is 0 Å². The number of anilines is 1. The summed E-state index contributed by atoms with van der Waals surface area (Å²) in [5, 5.41) is 19.5. The van der Waals surface area contributed by atoms with Crippen molar-refractivity contribution in [1.29, 1.82) is 0 Å². The van der Waals surface area contributed by atoms with Crippen LogP contribution in [0, 0.1) is 10.1 Å². The average molecular weight is 208 g/mol. The van der Waals surface area contributed by atoms with Crippen molar-refractivity contribution in [3.05, 3.63) is 33.9 Å². The van der Waals surface area contributed by atoms with Crippen LogP contribution in [-0.4, -0.2) is 29.7 Å². The molecule has 0 amide bonds. The topological polar surface area (TPSA) is 66.6 Å². The maximum absolute atomic E-state index is 10.6. The predicted molar refractivity (Wildman–Crippen MR) is 56.1 cm³/mol. The fourth-order valence-electron chi connectivity index (χ4n) is 1.90. The molecule has 1 N–H and O–H groups in total. The number of β-amino-alcohol motifs (C(OH)–C–C–N with tert-alkyl or cyclic N) is 1. The minimum absolute atomic E-state index is 0.0716. The van der Waals surface area contributed by atoms with Crippen LogP contribution >= 0.6 is 0 Å². The molecule has 5 heteroatoms. The van der Waals surface area contributed by atoms with E-state index in [4.69, 9.17) is 5.11 Å². The fourth-order valence-corrected chi connectivity index (χ4v) is 1.90. The van der Waals surface area contributed by atoms with Gasteiger partial charge in [0.25, 0.3) is 5.69 Å². The van der Waals surface area contributed by atoms with Crippen molar-refractivity contribution in [2.45, 2.75) is 6.42 Å². The highest BCUT2D eigenvalue weighted by Crippen LogP contribution is 2.31. The molecule has 0 aromatic heterocycles. The molecule has 1 heterocycles. The second-order valence-corrected chi connectivity index (χ2v) is 3.53. The van der Waals surface area contributed by atoms with Crippen LogP contribution in [0.2, 0.25) is 0 Å². The van der Waals surface area contributed by atoms with Crippen LogP contribution in [0.4, 0.5) is 11.4 Å². The average Bonchev–Trinajstić information content (AvgIpc) is 2.61. The summed E-state index contributed by atoms with van der Waals surface area (Å²) in [5.41, 5.74) is 2.12. The summed E-state index contributed by atoms with van der Waals surface area (Å²) in [5.74, 6) is 0. The molecule has 15 heavy (non-hydrogen) atoms. The largest absolute Gasteiger partial charge is 0.395 e. The van der Waals surface area contributed by atoms with Gasteiger partial charge in [0.1, 0.15) is 0 Å². The number of hydrogen-bond acceptors (Lipinski definition) is 4. The van der Waals surface area contributed by atoms with Gasteiger partial charge in [-0.05, 0) is 12.0 Å². The number of hydrogen-bond donors (Lipinski definition) is 1. The van der Waals surface area contributed by atoms with E-state index in [1.54, 1.807) is 12.1 Å². The first-order valence-electron chi connectivity index (χ1n) is 4.85. The molecule has 1 aromatic rings. The Hall–Kier alpha value is -1.62. The van der Waals surface area contributed by atoms with Crippen LogP contribution < -0.4 is 4.90 Å². The Morgan fingerprint density at radius 1 is 1.53 bits per heavy atom. The van der Waals surface area contributed by atoms with Crippen molar-refractivity contribution in [2.75, 3.05) is 24.6 Å². The molecule has 1 aliphatic rings. The Labute approximate surface area is 87.1 Å². The molecule has 0 aliphatic carbocycles. The third-order valence-corrected chi connectivity index (χ3v) is 2.64. The van der Waals surface area contributed by atoms with Crippen LogP contribution in [0.5, 0.6) is 0 Å². The van der Waals surface area contributed by atoms with Gasteiger partial charge in [-0.1, -0.05) is 6.07 Å². The molecule has 1 aromatic carbocycles. The second kappa shape index (κ2) is 3.86. The van der Waals surface area contributed by atoms with Crippen molar-refractivity contribution in [2.24, 2.45) is 0 Å². The number of benzene rings is 1. The quantitative estimate of drug-likeness (QED) is 0.593. The van der Waals surface area contributed by atoms with E-state index in [-0.39, 0.29) is 12.3 Å². The molecule has 0 radical (unpaired) electrons. The highest BCUT2D eigenvalue weighted by atomic mass is 16.6. The first-order valence-corrected chi connectivity index (χ1v) is 4.85. The Morgan fingerprint density at radius 2 is 2.33 bits per heavy atom. The SMILES string of the molecule is O=[N+]([O-])c1ccc2c(c1)N(CCO)CC2. The summed E-state index contributed by atoms with van der Waals surface area (Å²) in [6.45, 7) is 1.44. The standard InChI is InChI=1S/C10H12N2O3/c13-6-5-11-4-3-8-1-2-9(12(14)15)7-10(8)11/h1-2,7,13H,3-6H2. The van der Waals surface area contributed by atoms with Gasteiger partial charge in [0.2, 0.25) is 0 Å². The van der Waals surface area contributed by atoms with Crippen molar-refractivity contribution in [1.82, 2.24) is 0 Å². The fraction of sp³-hybridized carbons (Fsp3) is 0.400. The monoisotopic (exact) mass is 208 g/mol. The minimum atomic E-state index is -0.393. The predicted octanol–water partition coefficient (Wildman–Crippen LogP) is 0.950. The van der Waals surface area contributed by atoms with E-state index in [0.717, 1.165) is 24.2 Å². The van der Waals surface area contributed by atoms with Gasteiger partial charge in [-0.25, -0.2) is 0 Å². The molecule has 0 saturated carbocycles. The lowest BCUT2D eigenvalue weighted by Crippen LogP contribution is -2.23. The molecule has 1 aliphatic heterocycles. The number of nitro groups is 1. The van der Waals surface area contributed by atoms with Crippen molar-refractivity contribution >= 4 is 11.4 Å². The Morgan fingerprint density at radius 3 is 3.00 bits per heavy atom. The smallest absolute Gasteiger partial charge is 0.271 e. The lowest BCUT2D eigenvalue weighted by atomic mass is 10.1. The lowest BCUT2D eigenvalue weighted by Gasteiger charge is -2.17. The Balaban J connectivity index is 2.33. The van der Waals surface area contributed by atoms with Crippen LogP contribution in [0.25, 0.3) is 0 Å². The van der Waals surface area contributed by atoms with Crippen molar-refractivity contribution in [3.63, 3.8) is 0 Å². The molecule has 0 atom stereocenters. The lowest BCUT2D eigenvalue weighted by molar-refractivity contribution is -0.384. The maximum Gasteiger partial charge on any atom is 0.271 e. The zero-order valence-corrected chi connectivity index (χ0v) is 8.22. The number of rotatable bonds is 3. The van der Waals surface area contributed by atoms with E-state index in [2.05, 4.69) is 0 Å². The molecule has 0 spiro atoms. The number of aliphatic hydroxyl groups is 1. The van der Waals surface area contributed by atoms with Crippen molar-refractivity contribution in [3.8, 4) is 0 Å². The molecule has 0 saturated heterocycles. The maximum atomic E-state index is 10.6. The second-order valence-electron chi connectivity index (χ2n) is 3.53. The summed E-state index contributed by atoms with van der Waals surface area (Å²) < 4.78 is 0. The molecule has 5 nitrogen and oxygen atoms in total. The molecule has 2 rings (SSSR count). The van der Waals surface area contributed by atoms with Crippen LogP contribution in [-0.2, 0) is 6.42 Å². The van der Waals surface area contributed by atoms with Gasteiger partial charge in [-0.3, -0.25) is 10.1 Å². The first-order chi connectivity index (χ1) is 7.22. The van der Waals surface area contributed by atoms with E-state index in [1.807, 2.05) is 4.90 Å². The minimum Gasteiger partial charge on any atom is -0.395 e. The zero-order chi connectivity index (χ0) is 10.8. The van der Waals surface area contributed by atoms with E-state index >= 15 is 0 Å². The van der Waals surface area contributed by atoms with E-state index in [1.165, 1.54) is 6.07 Å². The zero-order valence-electron chi connectivity index (χ0n) is 8.22. The van der Waals surface area contributed by atoms with Gasteiger partial charge in [0.05, 0.1) is 11.5 Å². The van der Waals surface area contributed by atoms with Gasteiger partial charge in [0, 0.05) is 30.9 Å². The third-order valence-electron chi connectivity index (χ3n) is 2.64. The van der Waals surface area contributed by atoms with E-state index in [0.29, 0.717) is 6.54 Å². The Kier molecular flexibility index (Phi) is 2.55. The highest BCUT2D eigenvalue weighted by molar-refractivity contribution is 5.62. The summed E-state index contributed by atoms with van der Waals surface area (Å²) in [6.07, 6.45) is 0.896.